The first-order valence-corrected chi connectivity index (χ1v) is 9.14. The summed E-state index contributed by atoms with van der Waals surface area (Å²) < 4.78 is 19.0. The molecule has 1 aliphatic rings. The van der Waals surface area contributed by atoms with Gasteiger partial charge in [0.25, 0.3) is 0 Å². The number of nitrogens with one attached hydrogen (secondary N) is 1. The lowest BCUT2D eigenvalue weighted by Gasteiger charge is -2.33. The predicted molar refractivity (Wildman–Crippen MR) is 96.8 cm³/mol. The Balaban J connectivity index is 1.81. The van der Waals surface area contributed by atoms with Gasteiger partial charge in [0.15, 0.2) is 0 Å². The van der Waals surface area contributed by atoms with E-state index in [1.807, 2.05) is 20.8 Å². The van der Waals surface area contributed by atoms with Crippen molar-refractivity contribution in [3.63, 3.8) is 0 Å². The Morgan fingerprint density at radius 1 is 1.32 bits per heavy atom. The maximum absolute atomic E-state index is 13.1. The molecule has 1 aliphatic heterocycles. The number of likely N-dealkylation sites (tertiary alicyclic amines) is 1. The van der Waals surface area contributed by atoms with E-state index >= 15 is 0 Å². The summed E-state index contributed by atoms with van der Waals surface area (Å²) in [5.74, 6) is -0.333. The highest BCUT2D eigenvalue weighted by atomic mass is 79.9. The molecule has 0 unspecified atom stereocenters. The Bertz CT molecular complexity index is 638. The average Bonchev–Trinajstić information content (AvgIpc) is 2.48. The highest BCUT2D eigenvalue weighted by Gasteiger charge is 2.26. The van der Waals surface area contributed by atoms with E-state index in [1.165, 1.54) is 12.1 Å². The van der Waals surface area contributed by atoms with Gasteiger partial charge in [-0.2, -0.15) is 0 Å². The highest BCUT2D eigenvalue weighted by Crippen LogP contribution is 2.20. The topological polar surface area (TPSA) is 58.6 Å². The molecule has 138 valence electrons. The van der Waals surface area contributed by atoms with Crippen LogP contribution in [0.3, 0.4) is 0 Å². The molecule has 5 nitrogen and oxygen atoms in total. The summed E-state index contributed by atoms with van der Waals surface area (Å²) in [6.45, 7) is 6.63. The largest absolute Gasteiger partial charge is 0.444 e. The minimum Gasteiger partial charge on any atom is -0.444 e. The first-order valence-electron chi connectivity index (χ1n) is 8.35. The van der Waals surface area contributed by atoms with Crippen molar-refractivity contribution in [2.45, 2.75) is 51.7 Å². The number of piperidine rings is 1. The van der Waals surface area contributed by atoms with Crippen molar-refractivity contribution in [3.05, 3.63) is 34.1 Å². The second-order valence-corrected chi connectivity index (χ2v) is 8.07. The number of amides is 2. The molecule has 1 N–H and O–H groups in total. The number of hydrogen-bond donors (Lipinski definition) is 1. The van der Waals surface area contributed by atoms with E-state index in [0.29, 0.717) is 30.4 Å². The van der Waals surface area contributed by atoms with Gasteiger partial charge < -0.3 is 15.0 Å². The lowest BCUT2D eigenvalue weighted by molar-refractivity contribution is -0.131. The summed E-state index contributed by atoms with van der Waals surface area (Å²) in [6, 6.07) is 4.34. The zero-order valence-electron chi connectivity index (χ0n) is 14.8. The number of rotatable bonds is 3. The van der Waals surface area contributed by atoms with E-state index in [4.69, 9.17) is 4.74 Å². The fraction of sp³-hybridized carbons (Fsp3) is 0.556. The van der Waals surface area contributed by atoms with E-state index in [2.05, 4.69) is 21.2 Å². The van der Waals surface area contributed by atoms with Gasteiger partial charge in [-0.15, -0.1) is 0 Å². The number of carbonyl (C=O) groups excluding carboxylic acids is 2. The van der Waals surface area contributed by atoms with Crippen molar-refractivity contribution in [2.24, 2.45) is 0 Å². The first-order chi connectivity index (χ1) is 11.6. The van der Waals surface area contributed by atoms with Crippen LogP contribution in [0.25, 0.3) is 0 Å². The number of hydrogen-bond acceptors (Lipinski definition) is 3. The van der Waals surface area contributed by atoms with Gasteiger partial charge in [0.1, 0.15) is 11.4 Å². The van der Waals surface area contributed by atoms with Crippen LogP contribution in [0.15, 0.2) is 22.7 Å². The Kier molecular flexibility index (Phi) is 6.43. The molecule has 1 saturated heterocycles. The minimum absolute atomic E-state index is 0.00280. The number of halogens is 2. The van der Waals surface area contributed by atoms with Gasteiger partial charge in [-0.25, -0.2) is 9.18 Å². The number of nitrogens with zero attached hydrogens (tertiary/aromatic N) is 1. The van der Waals surface area contributed by atoms with Gasteiger partial charge in [0.05, 0.1) is 6.42 Å². The second kappa shape index (κ2) is 8.17. The fourth-order valence-electron chi connectivity index (χ4n) is 2.69. The average molecular weight is 415 g/mol. The third-order valence-corrected chi connectivity index (χ3v) is 4.66. The molecular formula is C18H24BrFN2O3. The van der Waals surface area contributed by atoms with Gasteiger partial charge in [0, 0.05) is 23.6 Å². The molecular weight excluding hydrogens is 391 g/mol. The van der Waals surface area contributed by atoms with Crippen LogP contribution in [0.4, 0.5) is 9.18 Å². The van der Waals surface area contributed by atoms with Crippen molar-refractivity contribution in [3.8, 4) is 0 Å². The maximum Gasteiger partial charge on any atom is 0.407 e. The minimum atomic E-state index is -0.525. The zero-order chi connectivity index (χ0) is 18.6. The third kappa shape index (κ3) is 6.30. The molecule has 25 heavy (non-hydrogen) atoms. The molecule has 2 amide bonds. The second-order valence-electron chi connectivity index (χ2n) is 7.21. The molecule has 1 heterocycles. The fourth-order valence-corrected chi connectivity index (χ4v) is 3.18. The van der Waals surface area contributed by atoms with Gasteiger partial charge in [-0.1, -0.05) is 22.0 Å². The molecule has 1 aromatic rings. The van der Waals surface area contributed by atoms with Crippen LogP contribution in [-0.2, 0) is 16.0 Å². The molecule has 0 atom stereocenters. The zero-order valence-corrected chi connectivity index (χ0v) is 16.4. The molecule has 0 radical (unpaired) electrons. The standard InChI is InChI=1S/C18H24BrFN2O3/c1-18(2,3)25-17(24)21-14-6-8-22(9-7-14)16(23)10-12-4-5-13(20)11-15(12)19/h4-5,11,14H,6-10H2,1-3H3,(H,21,24). The summed E-state index contributed by atoms with van der Waals surface area (Å²) in [7, 11) is 0. The SMILES string of the molecule is CC(C)(C)OC(=O)NC1CCN(C(=O)Cc2ccc(F)cc2Br)CC1. The van der Waals surface area contributed by atoms with E-state index in [-0.39, 0.29) is 24.2 Å². The van der Waals surface area contributed by atoms with Gasteiger partial charge in [-0.05, 0) is 51.3 Å². The lowest BCUT2D eigenvalue weighted by Crippen LogP contribution is -2.48. The Labute approximate surface area is 156 Å². The lowest BCUT2D eigenvalue weighted by atomic mass is 10.0. The number of carbonyl (C=O) groups is 2. The molecule has 1 fully saturated rings. The number of alkyl carbamates (subject to hydrolysis) is 1. The summed E-state index contributed by atoms with van der Waals surface area (Å²) >= 11 is 3.29. The van der Waals surface area contributed by atoms with Crippen LogP contribution in [0.1, 0.15) is 39.2 Å². The van der Waals surface area contributed by atoms with Crippen LogP contribution in [0.5, 0.6) is 0 Å². The molecule has 0 spiro atoms. The van der Waals surface area contributed by atoms with Crippen molar-refractivity contribution in [1.82, 2.24) is 10.2 Å². The van der Waals surface area contributed by atoms with Crippen molar-refractivity contribution < 1.29 is 18.7 Å². The van der Waals surface area contributed by atoms with E-state index in [0.717, 1.165) is 5.56 Å². The van der Waals surface area contributed by atoms with Crippen molar-refractivity contribution >= 4 is 27.9 Å². The molecule has 0 saturated carbocycles. The van der Waals surface area contributed by atoms with E-state index in [9.17, 15) is 14.0 Å². The van der Waals surface area contributed by atoms with Crippen LogP contribution in [0.2, 0.25) is 0 Å². The number of benzene rings is 1. The number of ether oxygens (including phenoxy) is 1. The first kappa shape index (κ1) is 19.7. The summed E-state index contributed by atoms with van der Waals surface area (Å²) in [5, 5.41) is 2.85. The quantitative estimate of drug-likeness (QED) is 0.820. The van der Waals surface area contributed by atoms with Crippen molar-refractivity contribution in [2.75, 3.05) is 13.1 Å². The molecule has 1 aromatic carbocycles. The summed E-state index contributed by atoms with van der Waals surface area (Å²) in [4.78, 5) is 26.0. The van der Waals surface area contributed by atoms with Gasteiger partial charge in [0.2, 0.25) is 5.91 Å². The van der Waals surface area contributed by atoms with Crippen LogP contribution < -0.4 is 5.32 Å². The third-order valence-electron chi connectivity index (χ3n) is 3.93. The molecule has 2 rings (SSSR count). The molecule has 7 heteroatoms. The van der Waals surface area contributed by atoms with E-state index < -0.39 is 11.7 Å². The van der Waals surface area contributed by atoms with Crippen molar-refractivity contribution in [1.29, 1.82) is 0 Å². The normalized spacial score (nSPS) is 15.8. The molecule has 0 aromatic heterocycles. The predicted octanol–water partition coefficient (Wildman–Crippen LogP) is 3.65. The van der Waals surface area contributed by atoms with E-state index in [1.54, 1.807) is 11.0 Å². The van der Waals surface area contributed by atoms with Crippen LogP contribution >= 0.6 is 15.9 Å². The summed E-state index contributed by atoms with van der Waals surface area (Å²) in [6.07, 6.45) is 1.18. The monoisotopic (exact) mass is 414 g/mol. The highest BCUT2D eigenvalue weighted by molar-refractivity contribution is 9.10. The van der Waals surface area contributed by atoms with Crippen LogP contribution in [-0.4, -0.2) is 41.6 Å². The van der Waals surface area contributed by atoms with Crippen LogP contribution in [0, 0.1) is 5.82 Å². The van der Waals surface area contributed by atoms with Gasteiger partial charge >= 0.3 is 6.09 Å². The Hall–Kier alpha value is -1.63. The smallest absolute Gasteiger partial charge is 0.407 e. The maximum atomic E-state index is 13.1. The Morgan fingerprint density at radius 3 is 2.52 bits per heavy atom. The Morgan fingerprint density at radius 2 is 1.96 bits per heavy atom. The molecule has 0 aliphatic carbocycles. The molecule has 0 bridgehead atoms. The summed E-state index contributed by atoms with van der Waals surface area (Å²) in [5.41, 5.74) is 0.240. The van der Waals surface area contributed by atoms with Gasteiger partial charge in [-0.3, -0.25) is 4.79 Å².